The van der Waals surface area contributed by atoms with E-state index < -0.39 is 35.6 Å². The third-order valence-electron chi connectivity index (χ3n) is 5.53. The summed E-state index contributed by atoms with van der Waals surface area (Å²) in [5.74, 6) is 4.66. The average Bonchev–Trinajstić information content (AvgIpc) is 3.44. The topological polar surface area (TPSA) is 123 Å². The number of ether oxygens (including phenoxy) is 1. The zero-order valence-corrected chi connectivity index (χ0v) is 22.6. The van der Waals surface area contributed by atoms with Crippen molar-refractivity contribution >= 4 is 29.2 Å². The first-order valence-electron chi connectivity index (χ1n) is 12.5. The third kappa shape index (κ3) is 8.03. The third-order valence-corrected chi connectivity index (χ3v) is 5.53. The zero-order valence-electron chi connectivity index (χ0n) is 22.6. The minimum Gasteiger partial charge on any atom is -0.487 e. The Labute approximate surface area is 236 Å². The maximum atomic E-state index is 13.3. The first-order valence-corrected chi connectivity index (χ1v) is 12.5. The molecule has 0 aliphatic heterocycles. The maximum absolute atomic E-state index is 13.3. The van der Waals surface area contributed by atoms with Gasteiger partial charge in [-0.2, -0.15) is 0 Å². The summed E-state index contributed by atoms with van der Waals surface area (Å²) in [4.78, 5) is 41.4. The van der Waals surface area contributed by atoms with Gasteiger partial charge in [0.1, 0.15) is 17.2 Å². The van der Waals surface area contributed by atoms with E-state index in [0.29, 0.717) is 22.4 Å². The Balaban J connectivity index is 1.63. The van der Waals surface area contributed by atoms with Gasteiger partial charge in [0.25, 0.3) is 0 Å². The van der Waals surface area contributed by atoms with E-state index in [9.17, 15) is 23.9 Å². The summed E-state index contributed by atoms with van der Waals surface area (Å²) in [5.41, 5.74) is 1.38. The van der Waals surface area contributed by atoms with Gasteiger partial charge in [0.2, 0.25) is 5.91 Å². The number of carbonyl (C=O) groups excluding carboxylic acids is 2. The van der Waals surface area contributed by atoms with Gasteiger partial charge in [-0.05, 0) is 63.2 Å². The number of hydrogen-bond donors (Lipinski definition) is 3. The molecule has 0 spiro atoms. The van der Waals surface area contributed by atoms with Crippen LogP contribution in [-0.2, 0) is 4.79 Å². The van der Waals surface area contributed by atoms with Crippen molar-refractivity contribution in [3.63, 3.8) is 0 Å². The van der Waals surface area contributed by atoms with Crippen molar-refractivity contribution in [3.8, 4) is 23.3 Å². The van der Waals surface area contributed by atoms with Crippen LogP contribution in [0.4, 0.5) is 20.6 Å². The van der Waals surface area contributed by atoms with E-state index >= 15 is 0 Å². The van der Waals surface area contributed by atoms with Gasteiger partial charge >= 0.3 is 6.09 Å². The van der Waals surface area contributed by atoms with Crippen LogP contribution in [0.1, 0.15) is 48.7 Å². The molecule has 41 heavy (non-hydrogen) atoms. The predicted molar refractivity (Wildman–Crippen MR) is 152 cm³/mol. The molecule has 4 aromatic rings. The summed E-state index contributed by atoms with van der Waals surface area (Å²) in [7, 11) is 0. The highest BCUT2D eigenvalue weighted by molar-refractivity contribution is 6.12. The number of benzene rings is 3. The van der Waals surface area contributed by atoms with Crippen LogP contribution in [0, 0.1) is 17.7 Å². The van der Waals surface area contributed by atoms with Crippen LogP contribution in [-0.4, -0.2) is 38.0 Å². The summed E-state index contributed by atoms with van der Waals surface area (Å²) in [6.45, 7) is 5.45. The number of carbonyl (C=O) groups is 3. The Bertz CT molecular complexity index is 1650. The molecule has 1 heterocycles. The fourth-order valence-electron chi connectivity index (χ4n) is 3.78. The summed E-state index contributed by atoms with van der Waals surface area (Å²) >= 11 is 0. The molecule has 4 rings (SSSR count). The van der Waals surface area contributed by atoms with E-state index in [1.807, 2.05) is 20.8 Å². The molecule has 208 valence electrons. The van der Waals surface area contributed by atoms with Crippen molar-refractivity contribution < 1.29 is 28.6 Å². The molecule has 0 aliphatic rings. The van der Waals surface area contributed by atoms with Crippen molar-refractivity contribution in [1.82, 2.24) is 9.55 Å². The molecular formula is C31H27FN4O5. The lowest BCUT2D eigenvalue weighted by Crippen LogP contribution is -2.24. The number of aromatic nitrogens is 2. The number of Topliss-reactive ketones (excluding diaryl/α,β-unsaturated/α-hetero) is 1. The van der Waals surface area contributed by atoms with Crippen LogP contribution in [0.15, 0.2) is 79.4 Å². The van der Waals surface area contributed by atoms with Crippen LogP contribution < -0.4 is 15.4 Å². The van der Waals surface area contributed by atoms with Crippen molar-refractivity contribution in [3.05, 3.63) is 102 Å². The van der Waals surface area contributed by atoms with Gasteiger partial charge in [0, 0.05) is 35.3 Å². The van der Waals surface area contributed by atoms with Gasteiger partial charge in [0.15, 0.2) is 5.78 Å². The highest BCUT2D eigenvalue weighted by Crippen LogP contribution is 2.33. The molecular weight excluding hydrogens is 527 g/mol. The number of amides is 2. The highest BCUT2D eigenvalue weighted by atomic mass is 19.1. The monoisotopic (exact) mass is 554 g/mol. The number of rotatable bonds is 7. The summed E-state index contributed by atoms with van der Waals surface area (Å²) in [5, 5.41) is 14.3. The van der Waals surface area contributed by atoms with Crippen molar-refractivity contribution in [2.24, 2.45) is 0 Å². The molecule has 2 amide bonds. The summed E-state index contributed by atoms with van der Waals surface area (Å²) < 4.78 is 21.1. The van der Waals surface area contributed by atoms with E-state index in [1.54, 1.807) is 47.6 Å². The van der Waals surface area contributed by atoms with E-state index in [4.69, 9.17) is 4.74 Å². The average molecular weight is 555 g/mol. The standard InChI is InChI=1S/C31H27FN4O5/c1-31(2,3)41-28-17-26(35-30(39)40)25(16-22(28)10-7-20-8-11-23(32)12-9-20)34-29(38)18-27(37)21-5-4-6-24(15-21)36-14-13-33-19-36/h4-6,8-9,11-17,19,35H,18H2,1-3H3,(H,34,38)(H,39,40). The van der Waals surface area contributed by atoms with E-state index in [-0.39, 0.29) is 17.1 Å². The fraction of sp³-hybridized carbons (Fsp3) is 0.161. The molecule has 1 aromatic heterocycles. The second-order valence-corrected chi connectivity index (χ2v) is 9.96. The van der Waals surface area contributed by atoms with Crippen molar-refractivity contribution in [1.29, 1.82) is 0 Å². The lowest BCUT2D eigenvalue weighted by molar-refractivity contribution is -0.115. The molecule has 9 nitrogen and oxygen atoms in total. The van der Waals surface area contributed by atoms with Gasteiger partial charge in [-0.15, -0.1) is 0 Å². The predicted octanol–water partition coefficient (Wildman–Crippen LogP) is 5.89. The Kier molecular flexibility index (Phi) is 8.48. The molecule has 0 fully saturated rings. The Morgan fingerprint density at radius 1 is 1.00 bits per heavy atom. The van der Waals surface area contributed by atoms with Gasteiger partial charge in [-0.1, -0.05) is 24.0 Å². The highest BCUT2D eigenvalue weighted by Gasteiger charge is 2.20. The van der Waals surface area contributed by atoms with E-state index in [1.165, 1.54) is 36.4 Å². The minimum atomic E-state index is -1.36. The molecule has 3 N–H and O–H groups in total. The first kappa shape index (κ1) is 28.6. The second-order valence-electron chi connectivity index (χ2n) is 9.96. The molecule has 0 unspecified atom stereocenters. The number of carboxylic acid groups (broad SMARTS) is 1. The molecule has 3 aromatic carbocycles. The Morgan fingerprint density at radius 2 is 1.73 bits per heavy atom. The van der Waals surface area contributed by atoms with Crippen LogP contribution in [0.5, 0.6) is 5.75 Å². The van der Waals surface area contributed by atoms with Crippen LogP contribution >= 0.6 is 0 Å². The molecule has 0 saturated carbocycles. The van der Waals surface area contributed by atoms with E-state index in [0.717, 1.165) is 0 Å². The smallest absolute Gasteiger partial charge is 0.409 e. The molecule has 10 heteroatoms. The molecule has 0 radical (unpaired) electrons. The second kappa shape index (κ2) is 12.2. The number of halogens is 1. The Morgan fingerprint density at radius 3 is 2.39 bits per heavy atom. The normalized spacial score (nSPS) is 10.7. The molecule has 0 bridgehead atoms. The van der Waals surface area contributed by atoms with Crippen LogP contribution in [0.25, 0.3) is 5.69 Å². The number of nitrogens with one attached hydrogen (secondary N) is 2. The number of ketones is 1. The minimum absolute atomic E-state index is 0.0342. The number of hydrogen-bond acceptors (Lipinski definition) is 5. The van der Waals surface area contributed by atoms with Gasteiger partial charge in [0.05, 0.1) is 29.7 Å². The van der Waals surface area contributed by atoms with Crippen LogP contribution in [0.2, 0.25) is 0 Å². The lowest BCUT2D eigenvalue weighted by Gasteiger charge is -2.23. The molecule has 0 aliphatic carbocycles. The number of anilines is 2. The number of imidazole rings is 1. The summed E-state index contributed by atoms with van der Waals surface area (Å²) in [6, 6.07) is 15.2. The Hall–Kier alpha value is -5.43. The summed E-state index contributed by atoms with van der Waals surface area (Å²) in [6.07, 6.45) is 3.09. The van der Waals surface area contributed by atoms with Gasteiger partial charge in [-0.3, -0.25) is 14.9 Å². The SMILES string of the molecule is CC(C)(C)Oc1cc(NC(=O)O)c(NC(=O)CC(=O)c2cccc(-n3ccnc3)c2)cc1C#Cc1ccc(F)cc1. The molecule has 0 saturated heterocycles. The van der Waals surface area contributed by atoms with Crippen LogP contribution in [0.3, 0.4) is 0 Å². The quantitative estimate of drug-likeness (QED) is 0.149. The lowest BCUT2D eigenvalue weighted by atomic mass is 10.1. The van der Waals surface area contributed by atoms with E-state index in [2.05, 4.69) is 27.5 Å². The van der Waals surface area contributed by atoms with Crippen molar-refractivity contribution in [2.75, 3.05) is 10.6 Å². The number of nitrogens with zero attached hydrogens (tertiary/aromatic N) is 2. The largest absolute Gasteiger partial charge is 0.487 e. The maximum Gasteiger partial charge on any atom is 0.409 e. The fourth-order valence-corrected chi connectivity index (χ4v) is 3.78. The first-order chi connectivity index (χ1) is 19.5. The van der Waals surface area contributed by atoms with Gasteiger partial charge < -0.3 is 19.7 Å². The molecule has 0 atom stereocenters. The zero-order chi connectivity index (χ0) is 29.6. The van der Waals surface area contributed by atoms with Crippen molar-refractivity contribution in [2.45, 2.75) is 32.8 Å². The van der Waals surface area contributed by atoms with Gasteiger partial charge in [-0.25, -0.2) is 14.2 Å².